The smallest absolute Gasteiger partial charge is 0.263 e. The molecule has 0 aromatic rings. The SMILES string of the molecule is CCN(/C=C(/C#N)C(=O)NCC1CCCO1)C1CCS(=O)(=O)C1. The molecule has 0 spiro atoms. The summed E-state index contributed by atoms with van der Waals surface area (Å²) in [6.45, 7) is 3.52. The van der Waals surface area contributed by atoms with Crippen molar-refractivity contribution in [2.75, 3.05) is 31.2 Å². The monoisotopic (exact) mass is 341 g/mol. The van der Waals surface area contributed by atoms with Crippen LogP contribution in [-0.2, 0) is 19.4 Å². The molecule has 2 aliphatic rings. The first-order valence-electron chi connectivity index (χ1n) is 7.93. The zero-order valence-corrected chi connectivity index (χ0v) is 14.1. The van der Waals surface area contributed by atoms with Crippen LogP contribution in [0.4, 0.5) is 0 Å². The summed E-state index contributed by atoms with van der Waals surface area (Å²) < 4.78 is 28.6. The van der Waals surface area contributed by atoms with Crippen LogP contribution in [-0.4, -0.2) is 62.6 Å². The summed E-state index contributed by atoms with van der Waals surface area (Å²) in [7, 11) is -3.01. The fourth-order valence-electron chi connectivity index (χ4n) is 2.90. The maximum atomic E-state index is 12.1. The van der Waals surface area contributed by atoms with Crippen molar-refractivity contribution in [2.45, 2.75) is 38.3 Å². The summed E-state index contributed by atoms with van der Waals surface area (Å²) in [5, 5.41) is 11.9. The van der Waals surface area contributed by atoms with Crippen LogP contribution >= 0.6 is 0 Å². The normalized spacial score (nSPS) is 26.7. The zero-order chi connectivity index (χ0) is 16.9. The lowest BCUT2D eigenvalue weighted by atomic mass is 10.2. The number of hydrogen-bond donors (Lipinski definition) is 1. The van der Waals surface area contributed by atoms with E-state index >= 15 is 0 Å². The van der Waals surface area contributed by atoms with Gasteiger partial charge in [-0.25, -0.2) is 8.42 Å². The van der Waals surface area contributed by atoms with Crippen molar-refractivity contribution in [2.24, 2.45) is 0 Å². The van der Waals surface area contributed by atoms with Gasteiger partial charge in [-0.1, -0.05) is 0 Å². The molecule has 128 valence electrons. The highest BCUT2D eigenvalue weighted by atomic mass is 32.2. The van der Waals surface area contributed by atoms with Gasteiger partial charge >= 0.3 is 0 Å². The van der Waals surface area contributed by atoms with Crippen LogP contribution in [0.1, 0.15) is 26.2 Å². The number of nitriles is 1. The van der Waals surface area contributed by atoms with Crippen molar-refractivity contribution in [1.82, 2.24) is 10.2 Å². The number of nitrogens with zero attached hydrogens (tertiary/aromatic N) is 2. The predicted octanol–water partition coefficient (Wildman–Crippen LogP) is 0.198. The molecule has 2 unspecified atom stereocenters. The molecule has 2 aliphatic heterocycles. The summed E-state index contributed by atoms with van der Waals surface area (Å²) in [5.74, 6) is -0.204. The van der Waals surface area contributed by atoms with Crippen molar-refractivity contribution < 1.29 is 17.9 Å². The molecule has 2 heterocycles. The van der Waals surface area contributed by atoms with Crippen LogP contribution in [0.2, 0.25) is 0 Å². The van der Waals surface area contributed by atoms with Gasteiger partial charge in [0.2, 0.25) is 0 Å². The molecule has 0 aromatic carbocycles. The number of carbonyl (C=O) groups is 1. The lowest BCUT2D eigenvalue weighted by Crippen LogP contribution is -2.35. The fraction of sp³-hybridized carbons (Fsp3) is 0.733. The van der Waals surface area contributed by atoms with Crippen molar-refractivity contribution in [3.8, 4) is 6.07 Å². The predicted molar refractivity (Wildman–Crippen MR) is 85.1 cm³/mol. The minimum absolute atomic E-state index is 0.00542. The van der Waals surface area contributed by atoms with E-state index in [9.17, 15) is 18.5 Å². The number of carbonyl (C=O) groups excluding carboxylic acids is 1. The van der Waals surface area contributed by atoms with E-state index < -0.39 is 15.7 Å². The lowest BCUT2D eigenvalue weighted by molar-refractivity contribution is -0.117. The van der Waals surface area contributed by atoms with Gasteiger partial charge in [-0.3, -0.25) is 4.79 Å². The third-order valence-corrected chi connectivity index (χ3v) is 5.97. The Bertz CT molecular complexity index is 603. The van der Waals surface area contributed by atoms with Crippen LogP contribution in [0.15, 0.2) is 11.8 Å². The van der Waals surface area contributed by atoms with Gasteiger partial charge in [0.1, 0.15) is 11.6 Å². The second-order valence-corrected chi connectivity index (χ2v) is 8.12. The highest BCUT2D eigenvalue weighted by Crippen LogP contribution is 2.18. The van der Waals surface area contributed by atoms with Crippen LogP contribution in [0, 0.1) is 11.3 Å². The number of nitrogens with one attached hydrogen (secondary N) is 1. The number of sulfone groups is 1. The number of rotatable bonds is 6. The van der Waals surface area contributed by atoms with Gasteiger partial charge in [-0.15, -0.1) is 0 Å². The topological polar surface area (TPSA) is 99.5 Å². The molecule has 7 nitrogen and oxygen atoms in total. The first-order chi connectivity index (χ1) is 10.9. The Labute approximate surface area is 137 Å². The summed E-state index contributed by atoms with van der Waals surface area (Å²) >= 11 is 0. The summed E-state index contributed by atoms with van der Waals surface area (Å²) in [6, 6.07) is 1.74. The van der Waals surface area contributed by atoms with Gasteiger partial charge < -0.3 is 15.0 Å². The van der Waals surface area contributed by atoms with Gasteiger partial charge in [-0.05, 0) is 26.2 Å². The lowest BCUT2D eigenvalue weighted by Gasteiger charge is -2.25. The first-order valence-corrected chi connectivity index (χ1v) is 9.75. The zero-order valence-electron chi connectivity index (χ0n) is 13.3. The van der Waals surface area contributed by atoms with Crippen LogP contribution in [0.3, 0.4) is 0 Å². The standard InChI is InChI=1S/C15H23N3O4S/c1-2-18(13-5-7-23(20,21)11-13)10-12(8-16)15(19)17-9-14-4-3-6-22-14/h10,13-14H,2-7,9,11H2,1H3,(H,17,19)/b12-10-. The molecule has 0 radical (unpaired) electrons. The second kappa shape index (κ2) is 7.79. The third kappa shape index (κ3) is 4.94. The Morgan fingerprint density at radius 1 is 1.48 bits per heavy atom. The highest BCUT2D eigenvalue weighted by molar-refractivity contribution is 7.91. The van der Waals surface area contributed by atoms with E-state index in [1.165, 1.54) is 6.20 Å². The van der Waals surface area contributed by atoms with E-state index in [0.29, 0.717) is 26.1 Å². The molecule has 23 heavy (non-hydrogen) atoms. The average molecular weight is 341 g/mol. The molecule has 2 saturated heterocycles. The first kappa shape index (κ1) is 17.8. The molecule has 2 rings (SSSR count). The average Bonchev–Trinajstić information content (AvgIpc) is 3.15. The highest BCUT2D eigenvalue weighted by Gasteiger charge is 2.31. The molecule has 0 bridgehead atoms. The molecule has 0 aromatic heterocycles. The molecular formula is C15H23N3O4S. The minimum atomic E-state index is -3.01. The molecule has 0 saturated carbocycles. The Kier molecular flexibility index (Phi) is 6.02. The second-order valence-electron chi connectivity index (χ2n) is 5.89. The molecule has 1 N–H and O–H groups in total. The van der Waals surface area contributed by atoms with Crippen LogP contribution < -0.4 is 5.32 Å². The largest absolute Gasteiger partial charge is 0.376 e. The Hall–Kier alpha value is -1.59. The van der Waals surface area contributed by atoms with E-state index in [0.717, 1.165) is 12.8 Å². The van der Waals surface area contributed by atoms with E-state index in [1.54, 1.807) is 4.90 Å². The molecule has 2 atom stereocenters. The van der Waals surface area contributed by atoms with Crippen molar-refractivity contribution >= 4 is 15.7 Å². The Morgan fingerprint density at radius 3 is 2.78 bits per heavy atom. The van der Waals surface area contributed by atoms with Crippen molar-refractivity contribution in [3.63, 3.8) is 0 Å². The molecular weight excluding hydrogens is 318 g/mol. The third-order valence-electron chi connectivity index (χ3n) is 4.22. The van der Waals surface area contributed by atoms with E-state index in [-0.39, 0.29) is 29.2 Å². The molecule has 0 aliphatic carbocycles. The number of hydrogen-bond acceptors (Lipinski definition) is 6. The fourth-order valence-corrected chi connectivity index (χ4v) is 4.65. The van der Waals surface area contributed by atoms with Crippen LogP contribution in [0.25, 0.3) is 0 Å². The van der Waals surface area contributed by atoms with Gasteiger partial charge in [0, 0.05) is 31.9 Å². The van der Waals surface area contributed by atoms with Gasteiger partial charge in [0.25, 0.3) is 5.91 Å². The summed E-state index contributed by atoms with van der Waals surface area (Å²) in [4.78, 5) is 13.9. The van der Waals surface area contributed by atoms with E-state index in [4.69, 9.17) is 4.74 Å². The summed E-state index contributed by atoms with van der Waals surface area (Å²) in [5.41, 5.74) is -0.00542. The van der Waals surface area contributed by atoms with Gasteiger partial charge in [0.05, 0.1) is 17.6 Å². The maximum absolute atomic E-state index is 12.1. The molecule has 2 fully saturated rings. The van der Waals surface area contributed by atoms with Crippen molar-refractivity contribution in [3.05, 3.63) is 11.8 Å². The van der Waals surface area contributed by atoms with Crippen molar-refractivity contribution in [1.29, 1.82) is 5.26 Å². The van der Waals surface area contributed by atoms with Crippen LogP contribution in [0.5, 0.6) is 0 Å². The van der Waals surface area contributed by atoms with Gasteiger partial charge in [-0.2, -0.15) is 5.26 Å². The number of amides is 1. The quantitative estimate of drug-likeness (QED) is 0.547. The maximum Gasteiger partial charge on any atom is 0.263 e. The van der Waals surface area contributed by atoms with E-state index in [2.05, 4.69) is 5.32 Å². The Balaban J connectivity index is 1.97. The molecule has 1 amide bonds. The number of ether oxygens (including phenoxy) is 1. The molecule has 8 heteroatoms. The Morgan fingerprint density at radius 2 is 2.26 bits per heavy atom. The summed E-state index contributed by atoms with van der Waals surface area (Å²) in [6.07, 6.45) is 3.93. The minimum Gasteiger partial charge on any atom is -0.376 e. The van der Waals surface area contributed by atoms with E-state index in [1.807, 2.05) is 13.0 Å². The van der Waals surface area contributed by atoms with Gasteiger partial charge in [0.15, 0.2) is 9.84 Å².